The van der Waals surface area contributed by atoms with Crippen LogP contribution in [0.25, 0.3) is 0 Å². The number of allylic oxidation sites excluding steroid dienone is 8. The highest BCUT2D eigenvalue weighted by atomic mass is 14.1. The van der Waals surface area contributed by atoms with Crippen molar-refractivity contribution in [1.29, 1.82) is 0 Å². The highest BCUT2D eigenvalue weighted by Crippen LogP contribution is 2.20. The van der Waals surface area contributed by atoms with Crippen LogP contribution < -0.4 is 0 Å². The summed E-state index contributed by atoms with van der Waals surface area (Å²) in [6, 6.07) is 0. The van der Waals surface area contributed by atoms with Crippen molar-refractivity contribution >= 4 is 0 Å². The summed E-state index contributed by atoms with van der Waals surface area (Å²) in [6.45, 7) is 0. The summed E-state index contributed by atoms with van der Waals surface area (Å²) in [5.74, 6) is 0. The molecule has 0 nitrogen and oxygen atoms in total. The summed E-state index contributed by atoms with van der Waals surface area (Å²) < 4.78 is 0. The molecule has 0 aromatic rings. The van der Waals surface area contributed by atoms with Crippen LogP contribution in [-0.4, -0.2) is 0 Å². The molecular weight excluding hydrogens is 132 g/mol. The molecule has 0 N–H and O–H groups in total. The minimum Gasteiger partial charge on any atom is -0.0798 e. The Morgan fingerprint density at radius 1 is 1.00 bits per heavy atom. The number of hydrogen-bond donors (Lipinski definition) is 0. The second-order valence-corrected chi connectivity index (χ2v) is 2.79. The molecule has 0 unspecified atom stereocenters. The van der Waals surface area contributed by atoms with Gasteiger partial charge in [-0.15, -0.1) is 0 Å². The monoisotopic (exact) mass is 142 g/mol. The topological polar surface area (TPSA) is 0 Å². The van der Waals surface area contributed by atoms with Gasteiger partial charge in [0.05, 0.1) is 0 Å². The molecule has 0 heterocycles. The molecule has 0 amide bonds. The van der Waals surface area contributed by atoms with E-state index in [1.807, 2.05) is 0 Å². The maximum absolute atomic E-state index is 3.29. The van der Waals surface area contributed by atoms with E-state index >= 15 is 0 Å². The number of hydrogen-bond acceptors (Lipinski definition) is 0. The Labute approximate surface area is 67.6 Å². The fourth-order valence-electron chi connectivity index (χ4n) is 1.35. The molecule has 0 aliphatic heterocycles. The van der Waals surface area contributed by atoms with E-state index in [1.165, 1.54) is 11.1 Å². The van der Waals surface area contributed by atoms with Crippen molar-refractivity contribution in [2.45, 2.75) is 19.3 Å². The van der Waals surface area contributed by atoms with Gasteiger partial charge >= 0.3 is 0 Å². The van der Waals surface area contributed by atoms with Gasteiger partial charge in [0.1, 0.15) is 0 Å². The second kappa shape index (κ2) is 2.91. The Morgan fingerprint density at radius 2 is 1.55 bits per heavy atom. The van der Waals surface area contributed by atoms with Gasteiger partial charge in [0.15, 0.2) is 0 Å². The van der Waals surface area contributed by atoms with E-state index in [2.05, 4.69) is 36.5 Å². The van der Waals surface area contributed by atoms with Crippen molar-refractivity contribution in [3.05, 3.63) is 47.6 Å². The van der Waals surface area contributed by atoms with Gasteiger partial charge in [0.2, 0.25) is 0 Å². The molecule has 2 aliphatic rings. The molecule has 2 rings (SSSR count). The van der Waals surface area contributed by atoms with Crippen LogP contribution >= 0.6 is 0 Å². The van der Waals surface area contributed by atoms with E-state index in [0.29, 0.717) is 0 Å². The minimum absolute atomic E-state index is 0.992. The fourth-order valence-corrected chi connectivity index (χ4v) is 1.35. The predicted molar refractivity (Wildman–Crippen MR) is 45.6 cm³/mol. The third-order valence-electron chi connectivity index (χ3n) is 1.91. The summed E-state index contributed by atoms with van der Waals surface area (Å²) in [7, 11) is 0. The molecule has 2 radical (unpaired) electrons. The molecule has 54 valence electrons. The van der Waals surface area contributed by atoms with E-state index in [0.717, 1.165) is 19.3 Å². The fraction of sp³-hybridized carbons (Fsp3) is 0.273. The zero-order chi connectivity index (χ0) is 7.52. The van der Waals surface area contributed by atoms with E-state index in [-0.39, 0.29) is 0 Å². The summed E-state index contributed by atoms with van der Waals surface area (Å²) >= 11 is 0. The van der Waals surface area contributed by atoms with Crippen molar-refractivity contribution in [2.24, 2.45) is 0 Å². The molecule has 0 aromatic heterocycles. The van der Waals surface area contributed by atoms with Gasteiger partial charge < -0.3 is 0 Å². The lowest BCUT2D eigenvalue weighted by Gasteiger charge is -1.96. The lowest BCUT2D eigenvalue weighted by molar-refractivity contribution is 1.18. The molecule has 0 heteroatoms. The van der Waals surface area contributed by atoms with Gasteiger partial charge in [-0.2, -0.15) is 0 Å². The molecule has 0 atom stereocenters. The van der Waals surface area contributed by atoms with E-state index in [9.17, 15) is 0 Å². The summed E-state index contributed by atoms with van der Waals surface area (Å²) in [5.41, 5.74) is 2.64. The number of rotatable bonds is 2. The molecule has 0 saturated carbocycles. The summed E-state index contributed by atoms with van der Waals surface area (Å²) in [6.07, 6.45) is 18.2. The Morgan fingerprint density at radius 3 is 1.91 bits per heavy atom. The molecule has 2 aliphatic carbocycles. The molecule has 0 aromatic carbocycles. The Bertz CT molecular complexity index is 234. The first kappa shape index (κ1) is 6.66. The van der Waals surface area contributed by atoms with Gasteiger partial charge in [-0.25, -0.2) is 0 Å². The van der Waals surface area contributed by atoms with E-state index in [1.54, 1.807) is 0 Å². The van der Waals surface area contributed by atoms with Crippen LogP contribution in [0, 0.1) is 12.2 Å². The lowest BCUT2D eigenvalue weighted by atomic mass is 10.1. The van der Waals surface area contributed by atoms with Crippen LogP contribution in [0.1, 0.15) is 19.3 Å². The average molecular weight is 142 g/mol. The van der Waals surface area contributed by atoms with Crippen LogP contribution in [0.5, 0.6) is 0 Å². The van der Waals surface area contributed by atoms with Crippen LogP contribution in [0.15, 0.2) is 35.5 Å². The molecule has 0 saturated heterocycles. The zero-order valence-electron chi connectivity index (χ0n) is 6.43. The van der Waals surface area contributed by atoms with Gasteiger partial charge in [-0.3, -0.25) is 0 Å². The van der Waals surface area contributed by atoms with E-state index < -0.39 is 0 Å². The Hall–Kier alpha value is -1.04. The molecule has 0 spiro atoms. The Kier molecular flexibility index (Phi) is 1.76. The largest absolute Gasteiger partial charge is 0.0798 e. The van der Waals surface area contributed by atoms with Gasteiger partial charge in [-0.1, -0.05) is 24.3 Å². The minimum atomic E-state index is 0.992. The molecular formula is C11H10. The van der Waals surface area contributed by atoms with Crippen molar-refractivity contribution in [3.63, 3.8) is 0 Å². The van der Waals surface area contributed by atoms with Crippen LogP contribution in [0.3, 0.4) is 0 Å². The maximum Gasteiger partial charge on any atom is -0.00201 e. The molecule has 11 heavy (non-hydrogen) atoms. The highest BCUT2D eigenvalue weighted by molar-refractivity contribution is 5.33. The van der Waals surface area contributed by atoms with Crippen LogP contribution in [0.2, 0.25) is 0 Å². The molecule has 0 bridgehead atoms. The van der Waals surface area contributed by atoms with Crippen LogP contribution in [-0.2, 0) is 0 Å². The lowest BCUT2D eigenvalue weighted by Crippen LogP contribution is -1.78. The maximum atomic E-state index is 3.29. The van der Waals surface area contributed by atoms with Gasteiger partial charge in [0, 0.05) is 0 Å². The predicted octanol–water partition coefficient (Wildman–Crippen LogP) is 2.76. The SMILES string of the molecule is [C]1=C(CC2=[C]CC=C2)C=CC1. The zero-order valence-corrected chi connectivity index (χ0v) is 6.43. The first-order valence-corrected chi connectivity index (χ1v) is 3.97. The summed E-state index contributed by atoms with van der Waals surface area (Å²) in [4.78, 5) is 0. The average Bonchev–Trinajstić information content (AvgIpc) is 2.60. The third kappa shape index (κ3) is 1.51. The van der Waals surface area contributed by atoms with Gasteiger partial charge in [0.25, 0.3) is 0 Å². The second-order valence-electron chi connectivity index (χ2n) is 2.79. The standard InChI is InChI=1S/C11H10/c1-2-6-10(5-1)9-11-7-3-4-8-11/h1,3,5,7H,2,4,9H2. The van der Waals surface area contributed by atoms with Crippen molar-refractivity contribution in [3.8, 4) is 0 Å². The first-order valence-electron chi connectivity index (χ1n) is 3.97. The highest BCUT2D eigenvalue weighted by Gasteiger charge is 2.02. The normalized spacial score (nSPS) is 20.7. The van der Waals surface area contributed by atoms with Crippen molar-refractivity contribution < 1.29 is 0 Å². The smallest absolute Gasteiger partial charge is 0.00201 e. The third-order valence-corrected chi connectivity index (χ3v) is 1.91. The molecule has 0 fully saturated rings. The van der Waals surface area contributed by atoms with Crippen molar-refractivity contribution in [1.82, 2.24) is 0 Å². The first-order chi connectivity index (χ1) is 5.45. The summed E-state index contributed by atoms with van der Waals surface area (Å²) in [5, 5.41) is 0. The Balaban J connectivity index is 1.99. The van der Waals surface area contributed by atoms with Crippen LogP contribution in [0.4, 0.5) is 0 Å². The van der Waals surface area contributed by atoms with Crippen molar-refractivity contribution in [2.75, 3.05) is 0 Å². The van der Waals surface area contributed by atoms with Gasteiger partial charge in [-0.05, 0) is 42.6 Å². The quantitative estimate of drug-likeness (QED) is 0.556. The van der Waals surface area contributed by atoms with E-state index in [4.69, 9.17) is 0 Å².